The SMILES string of the molecule is CCc1nnc(N(C)C2CCN(C)C(C)C2)nc1CC. The first-order valence-corrected chi connectivity index (χ1v) is 7.72. The molecule has 1 aliphatic rings. The number of likely N-dealkylation sites (tertiary alicyclic amines) is 1. The van der Waals surface area contributed by atoms with Crippen LogP contribution >= 0.6 is 0 Å². The smallest absolute Gasteiger partial charge is 0.245 e. The van der Waals surface area contributed by atoms with Crippen molar-refractivity contribution in [2.75, 3.05) is 25.5 Å². The van der Waals surface area contributed by atoms with Crippen molar-refractivity contribution in [2.24, 2.45) is 0 Å². The van der Waals surface area contributed by atoms with Gasteiger partial charge in [-0.05, 0) is 39.7 Å². The Balaban J connectivity index is 2.14. The van der Waals surface area contributed by atoms with Crippen LogP contribution in [0.25, 0.3) is 0 Å². The van der Waals surface area contributed by atoms with Crippen LogP contribution in [0.3, 0.4) is 0 Å². The van der Waals surface area contributed by atoms with Gasteiger partial charge in [0, 0.05) is 25.7 Å². The molecule has 2 rings (SSSR count). The van der Waals surface area contributed by atoms with Crippen LogP contribution in [0.4, 0.5) is 5.95 Å². The van der Waals surface area contributed by atoms with E-state index in [4.69, 9.17) is 4.98 Å². The van der Waals surface area contributed by atoms with Crippen molar-refractivity contribution in [2.45, 2.75) is 58.5 Å². The number of aryl methyl sites for hydroxylation is 2. The third kappa shape index (κ3) is 3.08. The van der Waals surface area contributed by atoms with Gasteiger partial charge in [-0.15, -0.1) is 5.10 Å². The van der Waals surface area contributed by atoms with E-state index in [-0.39, 0.29) is 0 Å². The molecule has 0 radical (unpaired) electrons. The highest BCUT2D eigenvalue weighted by Crippen LogP contribution is 2.22. The zero-order valence-corrected chi connectivity index (χ0v) is 13.4. The molecule has 0 bridgehead atoms. The quantitative estimate of drug-likeness (QED) is 0.841. The summed E-state index contributed by atoms with van der Waals surface area (Å²) < 4.78 is 0. The maximum atomic E-state index is 4.72. The number of hydrogen-bond acceptors (Lipinski definition) is 5. The summed E-state index contributed by atoms with van der Waals surface area (Å²) in [6.07, 6.45) is 4.15. The van der Waals surface area contributed by atoms with Crippen LogP contribution in [0.2, 0.25) is 0 Å². The number of nitrogens with zero attached hydrogens (tertiary/aromatic N) is 5. The largest absolute Gasteiger partial charge is 0.339 e. The fourth-order valence-corrected chi connectivity index (χ4v) is 2.86. The topological polar surface area (TPSA) is 45.2 Å². The lowest BCUT2D eigenvalue weighted by molar-refractivity contribution is 0.181. The molecule has 0 saturated carbocycles. The molecule has 1 aliphatic heterocycles. The Labute approximate surface area is 122 Å². The van der Waals surface area contributed by atoms with Gasteiger partial charge in [0.25, 0.3) is 0 Å². The van der Waals surface area contributed by atoms with Crippen LogP contribution in [0.15, 0.2) is 0 Å². The molecule has 2 atom stereocenters. The van der Waals surface area contributed by atoms with E-state index in [0.717, 1.165) is 49.6 Å². The minimum atomic E-state index is 0.514. The first-order valence-electron chi connectivity index (χ1n) is 7.72. The zero-order chi connectivity index (χ0) is 14.7. The van der Waals surface area contributed by atoms with E-state index in [1.807, 2.05) is 0 Å². The van der Waals surface area contributed by atoms with Crippen molar-refractivity contribution in [1.29, 1.82) is 0 Å². The van der Waals surface area contributed by atoms with Gasteiger partial charge >= 0.3 is 0 Å². The van der Waals surface area contributed by atoms with Crippen molar-refractivity contribution >= 4 is 5.95 Å². The predicted molar refractivity (Wildman–Crippen MR) is 82.1 cm³/mol. The number of piperidine rings is 1. The van der Waals surface area contributed by atoms with E-state index < -0.39 is 0 Å². The molecular formula is C15H27N5. The molecule has 1 aromatic heterocycles. The number of rotatable bonds is 4. The summed E-state index contributed by atoms with van der Waals surface area (Å²) in [4.78, 5) is 9.36. The molecule has 0 spiro atoms. The minimum Gasteiger partial charge on any atom is -0.339 e. The maximum absolute atomic E-state index is 4.72. The second-order valence-corrected chi connectivity index (χ2v) is 5.83. The summed E-state index contributed by atoms with van der Waals surface area (Å²) in [5.74, 6) is 0.779. The summed E-state index contributed by atoms with van der Waals surface area (Å²) in [6, 6.07) is 1.13. The Kier molecular flexibility index (Phi) is 4.91. The van der Waals surface area contributed by atoms with Crippen molar-refractivity contribution in [3.05, 3.63) is 11.4 Å². The van der Waals surface area contributed by atoms with Gasteiger partial charge in [-0.2, -0.15) is 5.10 Å². The van der Waals surface area contributed by atoms with Gasteiger partial charge in [0.05, 0.1) is 11.4 Å². The monoisotopic (exact) mass is 277 g/mol. The normalized spacial score (nSPS) is 23.9. The molecule has 1 saturated heterocycles. The van der Waals surface area contributed by atoms with Crippen LogP contribution < -0.4 is 4.90 Å². The molecule has 5 nitrogen and oxygen atoms in total. The first kappa shape index (κ1) is 15.2. The molecule has 1 aromatic rings. The predicted octanol–water partition coefficient (Wildman–Crippen LogP) is 1.92. The number of anilines is 1. The van der Waals surface area contributed by atoms with Crippen LogP contribution in [-0.2, 0) is 12.8 Å². The van der Waals surface area contributed by atoms with E-state index in [1.165, 1.54) is 0 Å². The van der Waals surface area contributed by atoms with Gasteiger partial charge in [0.15, 0.2) is 0 Å². The molecule has 2 unspecified atom stereocenters. The molecule has 0 amide bonds. The molecule has 0 aliphatic carbocycles. The Morgan fingerprint density at radius 3 is 2.50 bits per heavy atom. The molecule has 0 aromatic carbocycles. The molecule has 1 fully saturated rings. The highest BCUT2D eigenvalue weighted by molar-refractivity contribution is 5.31. The van der Waals surface area contributed by atoms with Gasteiger partial charge in [-0.1, -0.05) is 13.8 Å². The Morgan fingerprint density at radius 2 is 1.90 bits per heavy atom. The first-order chi connectivity index (χ1) is 9.56. The zero-order valence-electron chi connectivity index (χ0n) is 13.4. The summed E-state index contributed by atoms with van der Waals surface area (Å²) in [5.41, 5.74) is 2.12. The standard InChI is InChI=1S/C15H27N5/c1-6-13-14(7-2)17-18-15(16-13)20(5)12-8-9-19(4)11(3)10-12/h11-12H,6-10H2,1-5H3. The van der Waals surface area contributed by atoms with Crippen LogP contribution in [0.1, 0.15) is 45.0 Å². The molecular weight excluding hydrogens is 250 g/mol. The van der Waals surface area contributed by atoms with Crippen LogP contribution in [0.5, 0.6) is 0 Å². The Bertz CT molecular complexity index is 448. The molecule has 20 heavy (non-hydrogen) atoms. The second-order valence-electron chi connectivity index (χ2n) is 5.83. The average molecular weight is 277 g/mol. The average Bonchev–Trinajstić information content (AvgIpc) is 2.48. The van der Waals surface area contributed by atoms with E-state index in [9.17, 15) is 0 Å². The lowest BCUT2D eigenvalue weighted by atomic mass is 9.98. The number of hydrogen-bond donors (Lipinski definition) is 0. The van der Waals surface area contributed by atoms with E-state index >= 15 is 0 Å². The summed E-state index contributed by atoms with van der Waals surface area (Å²) in [6.45, 7) is 7.66. The van der Waals surface area contributed by atoms with Gasteiger partial charge in [-0.25, -0.2) is 4.98 Å². The van der Waals surface area contributed by atoms with E-state index in [1.54, 1.807) is 0 Å². The summed E-state index contributed by atoms with van der Waals surface area (Å²) in [5, 5.41) is 8.68. The summed E-state index contributed by atoms with van der Waals surface area (Å²) in [7, 11) is 4.30. The lowest BCUT2D eigenvalue weighted by Crippen LogP contribution is -2.46. The fourth-order valence-electron chi connectivity index (χ4n) is 2.86. The van der Waals surface area contributed by atoms with Gasteiger partial charge < -0.3 is 9.80 Å². The highest BCUT2D eigenvalue weighted by Gasteiger charge is 2.27. The molecule has 5 heteroatoms. The molecule has 0 N–H and O–H groups in total. The van der Waals surface area contributed by atoms with Crippen molar-refractivity contribution < 1.29 is 0 Å². The van der Waals surface area contributed by atoms with Crippen molar-refractivity contribution in [3.8, 4) is 0 Å². The Hall–Kier alpha value is -1.23. The van der Waals surface area contributed by atoms with Crippen molar-refractivity contribution in [1.82, 2.24) is 20.1 Å². The van der Waals surface area contributed by atoms with Crippen LogP contribution in [0, 0.1) is 0 Å². The van der Waals surface area contributed by atoms with Gasteiger partial charge in [0.1, 0.15) is 0 Å². The fraction of sp³-hybridized carbons (Fsp3) is 0.800. The third-order valence-corrected chi connectivity index (χ3v) is 4.54. The van der Waals surface area contributed by atoms with Gasteiger partial charge in [0.2, 0.25) is 5.95 Å². The number of aromatic nitrogens is 3. The second kappa shape index (κ2) is 6.48. The molecule has 2 heterocycles. The lowest BCUT2D eigenvalue weighted by Gasteiger charge is -2.39. The van der Waals surface area contributed by atoms with E-state index in [2.05, 4.69) is 54.9 Å². The Morgan fingerprint density at radius 1 is 1.20 bits per heavy atom. The van der Waals surface area contributed by atoms with E-state index in [0.29, 0.717) is 12.1 Å². The molecule has 112 valence electrons. The van der Waals surface area contributed by atoms with Crippen LogP contribution in [-0.4, -0.2) is 52.8 Å². The summed E-state index contributed by atoms with van der Waals surface area (Å²) >= 11 is 0. The maximum Gasteiger partial charge on any atom is 0.245 e. The van der Waals surface area contributed by atoms with Crippen molar-refractivity contribution in [3.63, 3.8) is 0 Å². The van der Waals surface area contributed by atoms with Gasteiger partial charge in [-0.3, -0.25) is 0 Å². The minimum absolute atomic E-state index is 0.514. The highest BCUT2D eigenvalue weighted by atomic mass is 15.3. The third-order valence-electron chi connectivity index (χ3n) is 4.54.